The zero-order valence-corrected chi connectivity index (χ0v) is 10.3. The molecule has 0 aliphatic carbocycles. The molecule has 0 aromatic heterocycles. The van der Waals surface area contributed by atoms with Crippen molar-refractivity contribution in [3.63, 3.8) is 0 Å². The molecule has 18 heavy (non-hydrogen) atoms. The second-order valence-electron chi connectivity index (χ2n) is 4.10. The van der Waals surface area contributed by atoms with E-state index < -0.39 is 0 Å². The minimum Gasteiger partial charge on any atom is -0.398 e. The summed E-state index contributed by atoms with van der Waals surface area (Å²) in [6.07, 6.45) is 0.727. The summed E-state index contributed by atoms with van der Waals surface area (Å²) >= 11 is 0. The van der Waals surface area contributed by atoms with Crippen LogP contribution in [0.3, 0.4) is 0 Å². The summed E-state index contributed by atoms with van der Waals surface area (Å²) in [5.41, 5.74) is 8.99. The maximum Gasteiger partial charge on any atom is 0.131 e. The molecule has 0 atom stereocenters. The lowest BCUT2D eigenvalue weighted by atomic mass is 9.98. The number of hydrogen-bond acceptors (Lipinski definition) is 2. The molecule has 0 bridgehead atoms. The van der Waals surface area contributed by atoms with E-state index in [1.54, 1.807) is 25.3 Å². The molecule has 0 aliphatic heterocycles. The quantitative estimate of drug-likeness (QED) is 0.839. The highest BCUT2D eigenvalue weighted by atomic mass is 19.1. The van der Waals surface area contributed by atoms with Crippen LogP contribution in [-0.2, 0) is 11.2 Å². The number of anilines is 1. The molecule has 2 aromatic carbocycles. The van der Waals surface area contributed by atoms with Crippen LogP contribution in [0.4, 0.5) is 10.1 Å². The van der Waals surface area contributed by atoms with Gasteiger partial charge in [0, 0.05) is 23.9 Å². The first-order valence-corrected chi connectivity index (χ1v) is 5.85. The number of rotatable bonds is 4. The van der Waals surface area contributed by atoms with Gasteiger partial charge in [0.1, 0.15) is 5.82 Å². The number of halogens is 1. The fraction of sp³-hybridized carbons (Fsp3) is 0.200. The van der Waals surface area contributed by atoms with Gasteiger partial charge in [-0.1, -0.05) is 36.4 Å². The first-order valence-electron chi connectivity index (χ1n) is 5.85. The Balaban J connectivity index is 2.43. The average molecular weight is 245 g/mol. The Bertz CT molecular complexity index is 540. The molecule has 0 aliphatic rings. The molecule has 0 saturated heterocycles. The Hall–Kier alpha value is -1.87. The molecule has 0 amide bonds. The van der Waals surface area contributed by atoms with E-state index in [0.717, 1.165) is 17.5 Å². The van der Waals surface area contributed by atoms with E-state index in [4.69, 9.17) is 10.5 Å². The first kappa shape index (κ1) is 12.6. The van der Waals surface area contributed by atoms with E-state index in [1.807, 2.05) is 18.2 Å². The number of methoxy groups -OCH3 is 1. The number of benzene rings is 2. The second kappa shape index (κ2) is 5.65. The third-order valence-electron chi connectivity index (χ3n) is 2.94. The van der Waals surface area contributed by atoms with Gasteiger partial charge in [0.05, 0.1) is 6.61 Å². The molecule has 2 nitrogen and oxygen atoms in total. The minimum absolute atomic E-state index is 0.256. The van der Waals surface area contributed by atoms with Crippen LogP contribution in [0, 0.1) is 5.82 Å². The fourth-order valence-electron chi connectivity index (χ4n) is 1.96. The Morgan fingerprint density at radius 2 is 1.78 bits per heavy atom. The zero-order chi connectivity index (χ0) is 13.0. The number of nitrogens with two attached hydrogens (primary N) is 1. The fourth-order valence-corrected chi connectivity index (χ4v) is 1.96. The minimum atomic E-state index is -0.256. The normalized spacial score (nSPS) is 10.6. The van der Waals surface area contributed by atoms with Crippen molar-refractivity contribution in [2.75, 3.05) is 19.5 Å². The maximum atomic E-state index is 13.8. The Morgan fingerprint density at radius 1 is 1.06 bits per heavy atom. The third kappa shape index (κ3) is 2.51. The summed E-state index contributed by atoms with van der Waals surface area (Å²) in [6.45, 7) is 0.602. The van der Waals surface area contributed by atoms with Crippen molar-refractivity contribution in [1.82, 2.24) is 0 Å². The van der Waals surface area contributed by atoms with Gasteiger partial charge in [0.15, 0.2) is 0 Å². The van der Waals surface area contributed by atoms with Crippen molar-refractivity contribution >= 4 is 5.69 Å². The zero-order valence-electron chi connectivity index (χ0n) is 10.3. The van der Waals surface area contributed by atoms with E-state index in [2.05, 4.69) is 0 Å². The number of hydrogen-bond donors (Lipinski definition) is 1. The van der Waals surface area contributed by atoms with Crippen LogP contribution in [0.15, 0.2) is 42.5 Å². The molecule has 2 aromatic rings. The van der Waals surface area contributed by atoms with Gasteiger partial charge < -0.3 is 10.5 Å². The predicted octanol–water partition coefficient (Wildman–Crippen LogP) is 3.26. The van der Waals surface area contributed by atoms with Crippen LogP contribution in [0.1, 0.15) is 5.56 Å². The van der Waals surface area contributed by atoms with Crippen LogP contribution in [0.5, 0.6) is 0 Å². The number of ether oxygens (including phenoxy) is 1. The Labute approximate surface area is 106 Å². The van der Waals surface area contributed by atoms with E-state index in [1.165, 1.54) is 6.07 Å². The summed E-state index contributed by atoms with van der Waals surface area (Å²) in [6, 6.07) is 12.3. The highest BCUT2D eigenvalue weighted by Gasteiger charge is 2.10. The highest BCUT2D eigenvalue weighted by molar-refractivity contribution is 5.78. The van der Waals surface area contributed by atoms with Crippen LogP contribution >= 0.6 is 0 Å². The summed E-state index contributed by atoms with van der Waals surface area (Å²) < 4.78 is 18.8. The molecular formula is C15H16FNO. The van der Waals surface area contributed by atoms with Gasteiger partial charge in [-0.3, -0.25) is 0 Å². The Kier molecular flexibility index (Phi) is 3.95. The van der Waals surface area contributed by atoms with Crippen LogP contribution in [-0.4, -0.2) is 13.7 Å². The highest BCUT2D eigenvalue weighted by Crippen LogP contribution is 2.30. The van der Waals surface area contributed by atoms with Crippen LogP contribution < -0.4 is 5.73 Å². The monoisotopic (exact) mass is 245 g/mol. The molecule has 0 saturated carbocycles. The molecule has 0 spiro atoms. The lowest BCUT2D eigenvalue weighted by molar-refractivity contribution is 0.202. The van der Waals surface area contributed by atoms with Gasteiger partial charge in [-0.05, 0) is 18.1 Å². The van der Waals surface area contributed by atoms with Crippen LogP contribution in [0.25, 0.3) is 11.1 Å². The molecule has 3 heteroatoms. The van der Waals surface area contributed by atoms with E-state index in [-0.39, 0.29) is 5.82 Å². The van der Waals surface area contributed by atoms with Gasteiger partial charge in [-0.2, -0.15) is 0 Å². The van der Waals surface area contributed by atoms with Crippen molar-refractivity contribution in [2.24, 2.45) is 0 Å². The molecule has 0 radical (unpaired) electrons. The molecular weight excluding hydrogens is 229 g/mol. The summed E-state index contributed by atoms with van der Waals surface area (Å²) in [4.78, 5) is 0. The van der Waals surface area contributed by atoms with Gasteiger partial charge in [-0.25, -0.2) is 4.39 Å². The summed E-state index contributed by atoms with van der Waals surface area (Å²) in [5.74, 6) is -0.256. The SMILES string of the molecule is COCCc1cccc(-c2ccccc2F)c1N. The van der Waals surface area contributed by atoms with Crippen molar-refractivity contribution in [2.45, 2.75) is 6.42 Å². The third-order valence-corrected chi connectivity index (χ3v) is 2.94. The number of nitrogen functional groups attached to an aromatic ring is 1. The van der Waals surface area contributed by atoms with E-state index >= 15 is 0 Å². The van der Waals surface area contributed by atoms with Crippen molar-refractivity contribution in [3.8, 4) is 11.1 Å². The van der Waals surface area contributed by atoms with Gasteiger partial charge >= 0.3 is 0 Å². The summed E-state index contributed by atoms with van der Waals surface area (Å²) in [5, 5.41) is 0. The largest absolute Gasteiger partial charge is 0.398 e. The van der Waals surface area contributed by atoms with E-state index in [0.29, 0.717) is 17.9 Å². The molecule has 0 fully saturated rings. The predicted molar refractivity (Wildman–Crippen MR) is 71.8 cm³/mol. The van der Waals surface area contributed by atoms with E-state index in [9.17, 15) is 4.39 Å². The standard InChI is InChI=1S/C15H16FNO/c1-18-10-9-11-5-4-7-13(15(11)17)12-6-2-3-8-14(12)16/h2-8H,9-10,17H2,1H3. The van der Waals surface area contributed by atoms with Crippen molar-refractivity contribution in [1.29, 1.82) is 0 Å². The van der Waals surface area contributed by atoms with Crippen LogP contribution in [0.2, 0.25) is 0 Å². The molecule has 0 unspecified atom stereocenters. The van der Waals surface area contributed by atoms with Crippen molar-refractivity contribution < 1.29 is 9.13 Å². The Morgan fingerprint density at radius 3 is 2.50 bits per heavy atom. The molecule has 94 valence electrons. The molecule has 0 heterocycles. The van der Waals surface area contributed by atoms with Crippen molar-refractivity contribution in [3.05, 3.63) is 53.8 Å². The lowest BCUT2D eigenvalue weighted by Crippen LogP contribution is -2.01. The molecule has 2 N–H and O–H groups in total. The van der Waals surface area contributed by atoms with Gasteiger partial charge in [0.2, 0.25) is 0 Å². The molecule has 2 rings (SSSR count). The lowest BCUT2D eigenvalue weighted by Gasteiger charge is -2.11. The number of para-hydroxylation sites is 1. The maximum absolute atomic E-state index is 13.8. The topological polar surface area (TPSA) is 35.2 Å². The summed E-state index contributed by atoms with van der Waals surface area (Å²) in [7, 11) is 1.65. The first-order chi connectivity index (χ1) is 8.74. The van der Waals surface area contributed by atoms with Gasteiger partial charge in [-0.15, -0.1) is 0 Å². The average Bonchev–Trinajstić information content (AvgIpc) is 2.39. The van der Waals surface area contributed by atoms with Gasteiger partial charge in [0.25, 0.3) is 0 Å². The smallest absolute Gasteiger partial charge is 0.131 e. The second-order valence-corrected chi connectivity index (χ2v) is 4.10.